The van der Waals surface area contributed by atoms with Crippen molar-refractivity contribution in [2.75, 3.05) is 39.8 Å². The minimum absolute atomic E-state index is 0.311. The molecule has 0 radical (unpaired) electrons. The second-order valence-electron chi connectivity index (χ2n) is 4.31. The Morgan fingerprint density at radius 1 is 1.29 bits per heavy atom. The normalized spacial score (nSPS) is 26.9. The number of hydrogen-bond donors (Lipinski definition) is 1. The molecule has 0 unspecified atom stereocenters. The molecular weight excluding hydrogens is 178 g/mol. The highest BCUT2D eigenvalue weighted by molar-refractivity contribution is 5.79. The van der Waals surface area contributed by atoms with E-state index in [-0.39, 0.29) is 0 Å². The van der Waals surface area contributed by atoms with Crippen molar-refractivity contribution in [1.82, 2.24) is 15.1 Å². The molecule has 0 spiro atoms. The molecule has 2 saturated heterocycles. The van der Waals surface area contributed by atoms with Crippen LogP contribution in [0.25, 0.3) is 0 Å². The maximum Gasteiger partial charge on any atom is 0.237 e. The van der Waals surface area contributed by atoms with E-state index >= 15 is 0 Å². The third-order valence-corrected chi connectivity index (χ3v) is 3.20. The molecule has 0 atom stereocenters. The van der Waals surface area contributed by atoms with Crippen LogP contribution in [0.1, 0.15) is 12.8 Å². The number of nitrogens with one attached hydrogen (secondary N) is 1. The lowest BCUT2D eigenvalue weighted by atomic mass is 10.0. The summed E-state index contributed by atoms with van der Waals surface area (Å²) in [5.74, 6) is 0.311. The van der Waals surface area contributed by atoms with Gasteiger partial charge in [0.05, 0.1) is 6.54 Å². The van der Waals surface area contributed by atoms with Crippen LogP contribution in [0.5, 0.6) is 0 Å². The monoisotopic (exact) mass is 197 g/mol. The Kier molecular flexibility index (Phi) is 3.03. The number of carbonyl (C=O) groups is 1. The molecule has 0 bridgehead atoms. The first kappa shape index (κ1) is 9.93. The lowest BCUT2D eigenvalue weighted by Crippen LogP contribution is -2.55. The van der Waals surface area contributed by atoms with Crippen LogP contribution in [0, 0.1) is 0 Å². The van der Waals surface area contributed by atoms with Gasteiger partial charge in [0.2, 0.25) is 5.91 Å². The zero-order chi connectivity index (χ0) is 9.97. The van der Waals surface area contributed by atoms with Crippen molar-refractivity contribution >= 4 is 5.91 Å². The highest BCUT2D eigenvalue weighted by atomic mass is 16.2. The van der Waals surface area contributed by atoms with Crippen molar-refractivity contribution in [3.63, 3.8) is 0 Å². The zero-order valence-corrected chi connectivity index (χ0v) is 8.83. The minimum Gasteiger partial charge on any atom is -0.337 e. The molecule has 2 rings (SSSR count). The summed E-state index contributed by atoms with van der Waals surface area (Å²) in [7, 11) is 2.01. The van der Waals surface area contributed by atoms with Crippen LogP contribution in [-0.2, 0) is 4.79 Å². The van der Waals surface area contributed by atoms with Crippen LogP contribution in [0.4, 0.5) is 0 Å². The Hall–Kier alpha value is -0.610. The fourth-order valence-electron chi connectivity index (χ4n) is 2.31. The summed E-state index contributed by atoms with van der Waals surface area (Å²) in [6.45, 7) is 4.66. The summed E-state index contributed by atoms with van der Waals surface area (Å²) < 4.78 is 0. The average Bonchev–Trinajstić information content (AvgIpc) is 2.19. The second-order valence-corrected chi connectivity index (χ2v) is 4.31. The van der Waals surface area contributed by atoms with Gasteiger partial charge in [0.15, 0.2) is 0 Å². The number of amides is 1. The van der Waals surface area contributed by atoms with Crippen LogP contribution in [-0.4, -0.2) is 61.5 Å². The lowest BCUT2D eigenvalue weighted by molar-refractivity contribution is -0.138. The van der Waals surface area contributed by atoms with Gasteiger partial charge in [-0.25, -0.2) is 0 Å². The number of hydrogen-bond acceptors (Lipinski definition) is 3. The van der Waals surface area contributed by atoms with Crippen molar-refractivity contribution in [2.24, 2.45) is 0 Å². The van der Waals surface area contributed by atoms with Crippen molar-refractivity contribution < 1.29 is 4.79 Å². The molecule has 0 aromatic heterocycles. The fourth-order valence-corrected chi connectivity index (χ4v) is 2.31. The molecule has 4 heteroatoms. The van der Waals surface area contributed by atoms with Gasteiger partial charge in [-0.05, 0) is 33.0 Å². The SMILES string of the molecule is CN1CCN(C2CCNCC2)C(=O)C1. The van der Waals surface area contributed by atoms with E-state index in [0.717, 1.165) is 39.0 Å². The first-order chi connectivity index (χ1) is 6.77. The first-order valence-corrected chi connectivity index (χ1v) is 5.46. The largest absolute Gasteiger partial charge is 0.337 e. The smallest absolute Gasteiger partial charge is 0.237 e. The quantitative estimate of drug-likeness (QED) is 0.616. The van der Waals surface area contributed by atoms with Gasteiger partial charge in [-0.1, -0.05) is 0 Å². The van der Waals surface area contributed by atoms with Gasteiger partial charge < -0.3 is 10.2 Å². The van der Waals surface area contributed by atoms with Crippen LogP contribution < -0.4 is 5.32 Å². The molecule has 0 saturated carbocycles. The lowest BCUT2D eigenvalue weighted by Gasteiger charge is -2.39. The van der Waals surface area contributed by atoms with Crippen molar-refractivity contribution in [3.05, 3.63) is 0 Å². The number of likely N-dealkylation sites (N-methyl/N-ethyl adjacent to an activating group) is 1. The van der Waals surface area contributed by atoms with E-state index in [2.05, 4.69) is 15.1 Å². The topological polar surface area (TPSA) is 35.6 Å². The Labute approximate surface area is 85.2 Å². The predicted molar refractivity (Wildman–Crippen MR) is 55.1 cm³/mol. The van der Waals surface area contributed by atoms with E-state index in [1.54, 1.807) is 0 Å². The van der Waals surface area contributed by atoms with E-state index in [1.807, 2.05) is 7.05 Å². The van der Waals surface area contributed by atoms with Crippen LogP contribution in [0.2, 0.25) is 0 Å². The van der Waals surface area contributed by atoms with E-state index in [1.165, 1.54) is 0 Å². The minimum atomic E-state index is 0.311. The molecule has 80 valence electrons. The summed E-state index contributed by atoms with van der Waals surface area (Å²) in [4.78, 5) is 15.9. The molecule has 2 aliphatic heterocycles. The van der Waals surface area contributed by atoms with Gasteiger partial charge in [-0.2, -0.15) is 0 Å². The highest BCUT2D eigenvalue weighted by Gasteiger charge is 2.28. The molecule has 14 heavy (non-hydrogen) atoms. The maximum atomic E-state index is 11.8. The molecule has 1 N–H and O–H groups in total. The van der Waals surface area contributed by atoms with E-state index < -0.39 is 0 Å². The van der Waals surface area contributed by atoms with E-state index in [9.17, 15) is 4.79 Å². The number of piperidine rings is 1. The second kappa shape index (κ2) is 4.28. The van der Waals surface area contributed by atoms with E-state index in [4.69, 9.17) is 0 Å². The number of carbonyl (C=O) groups excluding carboxylic acids is 1. The third kappa shape index (κ3) is 2.07. The zero-order valence-electron chi connectivity index (χ0n) is 8.83. The Morgan fingerprint density at radius 2 is 2.00 bits per heavy atom. The fraction of sp³-hybridized carbons (Fsp3) is 0.900. The maximum absolute atomic E-state index is 11.8. The molecule has 0 aromatic rings. The standard InChI is InChI=1S/C10H19N3O/c1-12-6-7-13(10(14)8-12)9-2-4-11-5-3-9/h9,11H,2-8H2,1H3. The number of piperazine rings is 1. The Morgan fingerprint density at radius 3 is 2.64 bits per heavy atom. The average molecular weight is 197 g/mol. The van der Waals surface area contributed by atoms with Gasteiger partial charge in [0.1, 0.15) is 0 Å². The van der Waals surface area contributed by atoms with Crippen LogP contribution in [0.3, 0.4) is 0 Å². The predicted octanol–water partition coefficient (Wildman–Crippen LogP) is -0.488. The van der Waals surface area contributed by atoms with Gasteiger partial charge in [-0.3, -0.25) is 9.69 Å². The van der Waals surface area contributed by atoms with Gasteiger partial charge in [-0.15, -0.1) is 0 Å². The first-order valence-electron chi connectivity index (χ1n) is 5.46. The van der Waals surface area contributed by atoms with Gasteiger partial charge in [0, 0.05) is 19.1 Å². The molecule has 0 aromatic carbocycles. The molecule has 2 aliphatic rings. The molecule has 2 fully saturated rings. The summed E-state index contributed by atoms with van der Waals surface area (Å²) in [6.07, 6.45) is 2.24. The molecule has 2 heterocycles. The van der Waals surface area contributed by atoms with Crippen molar-refractivity contribution in [2.45, 2.75) is 18.9 Å². The summed E-state index contributed by atoms with van der Waals surface area (Å²) in [6, 6.07) is 0.498. The number of rotatable bonds is 1. The van der Waals surface area contributed by atoms with Gasteiger partial charge >= 0.3 is 0 Å². The Balaban J connectivity index is 1.92. The van der Waals surface area contributed by atoms with Gasteiger partial charge in [0.25, 0.3) is 0 Å². The van der Waals surface area contributed by atoms with Crippen molar-refractivity contribution in [3.8, 4) is 0 Å². The number of nitrogens with zero attached hydrogens (tertiary/aromatic N) is 2. The van der Waals surface area contributed by atoms with Crippen LogP contribution >= 0.6 is 0 Å². The third-order valence-electron chi connectivity index (χ3n) is 3.20. The molecule has 0 aliphatic carbocycles. The summed E-state index contributed by atoms with van der Waals surface area (Å²) in [5.41, 5.74) is 0. The van der Waals surface area contributed by atoms with Crippen LogP contribution in [0.15, 0.2) is 0 Å². The van der Waals surface area contributed by atoms with Crippen molar-refractivity contribution in [1.29, 1.82) is 0 Å². The highest BCUT2D eigenvalue weighted by Crippen LogP contribution is 2.14. The van der Waals surface area contributed by atoms with E-state index in [0.29, 0.717) is 18.5 Å². The molecule has 1 amide bonds. The molecular formula is C10H19N3O. The summed E-state index contributed by atoms with van der Waals surface area (Å²) >= 11 is 0. The summed E-state index contributed by atoms with van der Waals surface area (Å²) in [5, 5.41) is 3.33. The Bertz CT molecular complexity index is 213. The molecule has 4 nitrogen and oxygen atoms in total.